The molecule has 0 radical (unpaired) electrons. The summed E-state index contributed by atoms with van der Waals surface area (Å²) in [5, 5.41) is 9.69. The molecule has 1 aromatic carbocycles. The number of hydrogen-bond donors (Lipinski definition) is 0. The summed E-state index contributed by atoms with van der Waals surface area (Å²) >= 11 is 0. The van der Waals surface area contributed by atoms with Crippen LogP contribution >= 0.6 is 0 Å². The number of nitrogens with zero attached hydrogens (tertiary/aromatic N) is 1. The van der Waals surface area contributed by atoms with Crippen molar-refractivity contribution < 1.29 is 0 Å². The molecule has 1 aliphatic rings. The van der Waals surface area contributed by atoms with Gasteiger partial charge < -0.3 is 0 Å². The van der Waals surface area contributed by atoms with Crippen molar-refractivity contribution in [3.05, 3.63) is 60.2 Å². The minimum absolute atomic E-state index is 0.311. The molecular weight excluding hydrogens is 314 g/mol. The van der Waals surface area contributed by atoms with Gasteiger partial charge in [0, 0.05) is 5.92 Å². The number of allylic oxidation sites excluding steroid dienone is 4. The third-order valence-electron chi connectivity index (χ3n) is 5.54. The van der Waals surface area contributed by atoms with Gasteiger partial charge in [0.2, 0.25) is 0 Å². The van der Waals surface area contributed by atoms with E-state index in [4.69, 9.17) is 0 Å². The van der Waals surface area contributed by atoms with E-state index in [9.17, 15) is 5.26 Å². The first-order chi connectivity index (χ1) is 12.8. The van der Waals surface area contributed by atoms with Crippen molar-refractivity contribution in [3.8, 4) is 6.07 Å². The fourth-order valence-corrected chi connectivity index (χ4v) is 3.77. The van der Waals surface area contributed by atoms with Gasteiger partial charge >= 0.3 is 0 Å². The highest BCUT2D eigenvalue weighted by molar-refractivity contribution is 5.37. The van der Waals surface area contributed by atoms with E-state index < -0.39 is 0 Å². The Hall–Kier alpha value is -1.81. The first-order valence-electron chi connectivity index (χ1n) is 10.6. The Bertz CT molecular complexity index is 576. The van der Waals surface area contributed by atoms with Gasteiger partial charge in [-0.15, -0.1) is 0 Å². The van der Waals surface area contributed by atoms with Crippen LogP contribution in [-0.4, -0.2) is 0 Å². The van der Waals surface area contributed by atoms with Crippen molar-refractivity contribution in [2.75, 3.05) is 0 Å². The average molecular weight is 350 g/mol. The van der Waals surface area contributed by atoms with E-state index in [1.807, 2.05) is 6.07 Å². The Balaban J connectivity index is 1.64. The number of unbranched alkanes of at least 4 members (excludes halogenated alkanes) is 9. The molecule has 2 rings (SSSR count). The van der Waals surface area contributed by atoms with E-state index >= 15 is 0 Å². The fourth-order valence-electron chi connectivity index (χ4n) is 3.77. The van der Waals surface area contributed by atoms with Gasteiger partial charge in [-0.3, -0.25) is 0 Å². The lowest BCUT2D eigenvalue weighted by atomic mass is 9.77. The molecule has 0 bridgehead atoms. The molecule has 0 spiro atoms. The van der Waals surface area contributed by atoms with Crippen LogP contribution in [0.25, 0.3) is 0 Å². The van der Waals surface area contributed by atoms with E-state index in [1.165, 1.54) is 63.4 Å². The summed E-state index contributed by atoms with van der Waals surface area (Å²) in [7, 11) is 0. The van der Waals surface area contributed by atoms with Crippen LogP contribution in [0.2, 0.25) is 0 Å². The number of benzene rings is 1. The quantitative estimate of drug-likeness (QED) is 0.280. The van der Waals surface area contributed by atoms with Crippen molar-refractivity contribution in [2.24, 2.45) is 5.41 Å². The van der Waals surface area contributed by atoms with Crippen LogP contribution in [0.1, 0.15) is 89.0 Å². The largest absolute Gasteiger partial charge is 0.197 e. The molecule has 0 N–H and O–H groups in total. The van der Waals surface area contributed by atoms with Crippen molar-refractivity contribution >= 4 is 0 Å². The Morgan fingerprint density at radius 1 is 0.808 bits per heavy atom. The van der Waals surface area contributed by atoms with Gasteiger partial charge in [-0.2, -0.15) is 5.26 Å². The summed E-state index contributed by atoms with van der Waals surface area (Å²) < 4.78 is 0. The normalized spacial score (nSPS) is 21.6. The molecule has 1 aromatic rings. The van der Waals surface area contributed by atoms with Gasteiger partial charge in [0.25, 0.3) is 0 Å². The van der Waals surface area contributed by atoms with Gasteiger partial charge in [0.1, 0.15) is 0 Å². The van der Waals surface area contributed by atoms with E-state index in [0.29, 0.717) is 5.92 Å². The van der Waals surface area contributed by atoms with Crippen LogP contribution in [0.15, 0.2) is 54.6 Å². The van der Waals surface area contributed by atoms with Crippen LogP contribution in [0, 0.1) is 16.7 Å². The van der Waals surface area contributed by atoms with Gasteiger partial charge in [-0.25, -0.2) is 0 Å². The lowest BCUT2D eigenvalue weighted by Crippen LogP contribution is -2.16. The first-order valence-corrected chi connectivity index (χ1v) is 10.6. The van der Waals surface area contributed by atoms with Gasteiger partial charge in [0.15, 0.2) is 0 Å². The van der Waals surface area contributed by atoms with Crippen molar-refractivity contribution in [2.45, 2.75) is 83.5 Å². The molecule has 0 atom stereocenters. The smallest absolute Gasteiger partial charge is 0.0934 e. The maximum absolute atomic E-state index is 9.69. The lowest BCUT2D eigenvalue weighted by Gasteiger charge is -2.24. The Kier molecular flexibility index (Phi) is 9.26. The van der Waals surface area contributed by atoms with Crippen LogP contribution in [0.5, 0.6) is 0 Å². The second-order valence-electron chi connectivity index (χ2n) is 7.74. The second-order valence-corrected chi connectivity index (χ2v) is 7.74. The minimum Gasteiger partial charge on any atom is -0.197 e. The SMILES string of the molecule is CCCCCCCCCCCCC1(C#N)C=CC(c2ccccc2)C=C1. The Labute approximate surface area is 160 Å². The molecule has 140 valence electrons. The van der Waals surface area contributed by atoms with Crippen molar-refractivity contribution in [3.63, 3.8) is 0 Å². The fraction of sp³-hybridized carbons (Fsp3) is 0.560. The van der Waals surface area contributed by atoms with Gasteiger partial charge in [-0.1, -0.05) is 126 Å². The van der Waals surface area contributed by atoms with E-state index in [0.717, 1.165) is 12.8 Å². The standard InChI is InChI=1S/C25H35N/c1-2-3-4-5-6-7-8-9-10-14-19-25(22-26)20-17-24(18-21-25)23-15-12-11-13-16-23/h11-13,15-18,20-21,24H,2-10,14,19H2,1H3. The van der Waals surface area contributed by atoms with Crippen molar-refractivity contribution in [1.82, 2.24) is 0 Å². The molecule has 0 fully saturated rings. The van der Waals surface area contributed by atoms with Crippen LogP contribution in [-0.2, 0) is 0 Å². The molecule has 26 heavy (non-hydrogen) atoms. The topological polar surface area (TPSA) is 23.8 Å². The first kappa shape index (κ1) is 20.5. The summed E-state index contributed by atoms with van der Waals surface area (Å²) in [6.45, 7) is 2.27. The highest BCUT2D eigenvalue weighted by Gasteiger charge is 2.26. The molecule has 1 nitrogen and oxygen atoms in total. The molecule has 0 heterocycles. The van der Waals surface area contributed by atoms with Gasteiger partial charge in [0.05, 0.1) is 11.5 Å². The van der Waals surface area contributed by atoms with Crippen LogP contribution in [0.4, 0.5) is 0 Å². The average Bonchev–Trinajstić information content (AvgIpc) is 2.70. The minimum atomic E-state index is -0.383. The number of rotatable bonds is 12. The molecule has 0 saturated carbocycles. The maximum atomic E-state index is 9.69. The van der Waals surface area contributed by atoms with Gasteiger partial charge in [-0.05, 0) is 12.0 Å². The third kappa shape index (κ3) is 6.83. The van der Waals surface area contributed by atoms with Crippen LogP contribution < -0.4 is 0 Å². The van der Waals surface area contributed by atoms with E-state index in [2.05, 4.69) is 61.6 Å². The molecule has 0 amide bonds. The molecular formula is C25H35N. The predicted octanol–water partition coefficient (Wildman–Crippen LogP) is 7.72. The molecule has 1 aliphatic carbocycles. The number of hydrogen-bond acceptors (Lipinski definition) is 1. The summed E-state index contributed by atoms with van der Waals surface area (Å²) in [6.07, 6.45) is 23.0. The highest BCUT2D eigenvalue weighted by atomic mass is 14.4. The molecule has 0 aromatic heterocycles. The predicted molar refractivity (Wildman–Crippen MR) is 112 cm³/mol. The maximum Gasteiger partial charge on any atom is 0.0934 e. The zero-order chi connectivity index (χ0) is 18.5. The molecule has 1 heteroatoms. The third-order valence-corrected chi connectivity index (χ3v) is 5.54. The monoisotopic (exact) mass is 349 g/mol. The summed E-state index contributed by atoms with van der Waals surface area (Å²) in [5.74, 6) is 0.311. The highest BCUT2D eigenvalue weighted by Crippen LogP contribution is 2.35. The molecule has 0 saturated heterocycles. The summed E-state index contributed by atoms with van der Waals surface area (Å²) in [5.41, 5.74) is 0.913. The number of nitriles is 1. The van der Waals surface area contributed by atoms with E-state index in [-0.39, 0.29) is 5.41 Å². The lowest BCUT2D eigenvalue weighted by molar-refractivity contribution is 0.495. The zero-order valence-electron chi connectivity index (χ0n) is 16.5. The summed E-state index contributed by atoms with van der Waals surface area (Å²) in [4.78, 5) is 0. The molecule has 0 unspecified atom stereocenters. The second kappa shape index (κ2) is 11.7. The zero-order valence-corrected chi connectivity index (χ0v) is 16.5. The Morgan fingerprint density at radius 2 is 1.35 bits per heavy atom. The Morgan fingerprint density at radius 3 is 1.88 bits per heavy atom. The van der Waals surface area contributed by atoms with E-state index in [1.54, 1.807) is 0 Å². The molecule has 0 aliphatic heterocycles. The summed E-state index contributed by atoms with van der Waals surface area (Å²) in [6, 6.07) is 13.1. The van der Waals surface area contributed by atoms with Crippen LogP contribution in [0.3, 0.4) is 0 Å². The van der Waals surface area contributed by atoms with Crippen molar-refractivity contribution in [1.29, 1.82) is 5.26 Å².